The fraction of sp³-hybridized carbons (Fsp3) is 0.531. The molecule has 4 aliphatic heterocycles. The second-order valence-corrected chi connectivity index (χ2v) is 12.2. The molecule has 2 bridgehead atoms. The molecular weight excluding hydrogens is 754 g/mol. The minimum Gasteiger partial charge on any atom is -0.472 e. The minimum atomic E-state index is -5.28. The van der Waals surface area contributed by atoms with Crippen LogP contribution in [0.2, 0.25) is 0 Å². The number of fused-ring (bicyclic) bond motifs is 5. The molecule has 262 valence electrons. The van der Waals surface area contributed by atoms with Gasteiger partial charge in [0.2, 0.25) is 11.8 Å². The van der Waals surface area contributed by atoms with Crippen LogP contribution < -0.4 is 30.7 Å². The highest BCUT2D eigenvalue weighted by molar-refractivity contribution is 14.0. The van der Waals surface area contributed by atoms with Crippen LogP contribution in [-0.2, 0) is 9.53 Å². The number of rotatable bonds is 4. The maximum Gasteiger partial charge on any atom is 0.573 e. The number of nitrogens with one attached hydrogen (secondary N) is 2. The number of ether oxygens (including phenoxy) is 3. The van der Waals surface area contributed by atoms with Crippen LogP contribution in [0.3, 0.4) is 0 Å². The van der Waals surface area contributed by atoms with Gasteiger partial charge in [0, 0.05) is 42.0 Å². The quantitative estimate of drug-likeness (QED) is 0.174. The smallest absolute Gasteiger partial charge is 0.472 e. The topological polar surface area (TPSA) is 124 Å². The second-order valence-electron chi connectivity index (χ2n) is 12.2. The number of alkyl halides is 3. The summed E-state index contributed by atoms with van der Waals surface area (Å²) in [4.78, 5) is 24.9. The molecule has 5 atom stereocenters. The van der Waals surface area contributed by atoms with E-state index in [1.54, 1.807) is 20.8 Å². The van der Waals surface area contributed by atoms with Crippen LogP contribution in [0.4, 0.5) is 33.5 Å². The zero-order valence-corrected chi connectivity index (χ0v) is 29.4. The van der Waals surface area contributed by atoms with E-state index in [0.717, 1.165) is 12.5 Å². The molecule has 2 aromatic heterocycles. The lowest BCUT2D eigenvalue weighted by Gasteiger charge is -2.47. The zero-order valence-electron chi connectivity index (χ0n) is 27.1. The van der Waals surface area contributed by atoms with Gasteiger partial charge in [0.25, 0.3) is 0 Å². The Balaban J connectivity index is 0.00000148. The number of hydrogen-bond donors (Lipinski definition) is 3. The van der Waals surface area contributed by atoms with E-state index < -0.39 is 46.6 Å². The van der Waals surface area contributed by atoms with Gasteiger partial charge < -0.3 is 30.2 Å². The average molecular weight is 793 g/mol. The Morgan fingerprint density at radius 3 is 2.56 bits per heavy atom. The summed E-state index contributed by atoms with van der Waals surface area (Å²) >= 11 is 0. The van der Waals surface area contributed by atoms with Gasteiger partial charge in [-0.2, -0.15) is 0 Å². The highest BCUT2D eigenvalue weighted by atomic mass is 127. The van der Waals surface area contributed by atoms with Gasteiger partial charge in [-0.1, -0.05) is 13.8 Å². The van der Waals surface area contributed by atoms with Crippen molar-refractivity contribution in [3.05, 3.63) is 35.0 Å². The number of benzene rings is 1. The molecule has 1 aromatic carbocycles. The summed E-state index contributed by atoms with van der Waals surface area (Å²) < 4.78 is 87.3. The molecule has 0 spiro atoms. The van der Waals surface area contributed by atoms with Crippen molar-refractivity contribution in [2.24, 2.45) is 0 Å². The van der Waals surface area contributed by atoms with Gasteiger partial charge in [-0.3, -0.25) is 10.1 Å². The van der Waals surface area contributed by atoms with Crippen LogP contribution in [0.5, 0.6) is 11.6 Å². The molecule has 3 aromatic rings. The van der Waals surface area contributed by atoms with Crippen molar-refractivity contribution < 1.29 is 41.0 Å². The zero-order chi connectivity index (χ0) is 34.0. The van der Waals surface area contributed by atoms with Gasteiger partial charge in [0.1, 0.15) is 23.2 Å². The third-order valence-corrected chi connectivity index (χ3v) is 9.36. The number of aryl methyl sites for hydroxylation is 2. The Morgan fingerprint density at radius 1 is 1.17 bits per heavy atom. The molecule has 0 aliphatic carbocycles. The van der Waals surface area contributed by atoms with E-state index in [1.165, 1.54) is 0 Å². The van der Waals surface area contributed by atoms with Crippen LogP contribution >= 0.6 is 24.0 Å². The van der Waals surface area contributed by atoms with E-state index in [9.17, 15) is 22.4 Å². The first-order valence-corrected chi connectivity index (χ1v) is 15.7. The van der Waals surface area contributed by atoms with E-state index >= 15 is 4.39 Å². The lowest BCUT2D eigenvalue weighted by Crippen LogP contribution is -2.72. The molecule has 4 aliphatic rings. The number of hydrogen-bond acceptors (Lipinski definition) is 9. The van der Waals surface area contributed by atoms with Gasteiger partial charge in [0.15, 0.2) is 17.4 Å². The number of nitrogen functional groups attached to an aromatic ring is 1. The molecule has 10 nitrogen and oxygen atoms in total. The van der Waals surface area contributed by atoms with Crippen molar-refractivity contribution in [1.29, 1.82) is 0 Å². The van der Waals surface area contributed by atoms with Crippen molar-refractivity contribution in [3.8, 4) is 22.9 Å². The highest BCUT2D eigenvalue weighted by Gasteiger charge is 2.57. The number of nitrogens with two attached hydrogens (primary N) is 1. The first kappa shape index (κ1) is 36.0. The van der Waals surface area contributed by atoms with E-state index in [1.807, 2.05) is 18.7 Å². The largest absolute Gasteiger partial charge is 0.573 e. The maximum atomic E-state index is 16.7. The Labute approximate surface area is 291 Å². The molecule has 7 rings (SSSR count). The summed E-state index contributed by atoms with van der Waals surface area (Å²) in [5.74, 6) is -3.62. The summed E-state index contributed by atoms with van der Waals surface area (Å²) in [6.07, 6.45) is -3.93. The normalized spacial score (nSPS) is 25.7. The number of amides is 1. The Morgan fingerprint density at radius 2 is 1.90 bits per heavy atom. The molecule has 1 amide bonds. The van der Waals surface area contributed by atoms with Gasteiger partial charge in [-0.15, -0.1) is 37.1 Å². The van der Waals surface area contributed by atoms with Gasteiger partial charge in [-0.05, 0) is 51.7 Å². The standard InChI is InChI=1S/C30H31F5N6O4.C2H6.HI/c1-12-13(2)37-26-21-20(12)22(32)23(17-8-15(36)9-18(31)25(17)45-30(33,34)35)39-27(21)44-14(3)24-19-4-6-29(40-19,11-41(24)26)28(42)38-16-5-7-43-10-16;1-2;/h8-9,14,16,19,24,40H,4-7,10-11,36H2,1-3H3,(H,38,42);1-2H3;1H. The van der Waals surface area contributed by atoms with Crippen molar-refractivity contribution >= 4 is 52.2 Å². The highest BCUT2D eigenvalue weighted by Crippen LogP contribution is 2.48. The average Bonchev–Trinajstić information content (AvgIpc) is 3.63. The van der Waals surface area contributed by atoms with E-state index in [4.69, 9.17) is 20.2 Å². The number of aromatic nitrogens is 2. The number of carbonyl (C=O) groups is 1. The van der Waals surface area contributed by atoms with Crippen LogP contribution in [0.15, 0.2) is 12.1 Å². The van der Waals surface area contributed by atoms with Gasteiger partial charge in [-0.25, -0.2) is 18.7 Å². The number of carbonyl (C=O) groups excluding carboxylic acids is 1. The molecule has 3 saturated heterocycles. The number of halogens is 6. The molecule has 4 N–H and O–H groups in total. The summed E-state index contributed by atoms with van der Waals surface area (Å²) in [5.41, 5.74) is 4.17. The van der Waals surface area contributed by atoms with Gasteiger partial charge >= 0.3 is 6.36 Å². The molecule has 3 fully saturated rings. The second kappa shape index (κ2) is 13.2. The molecule has 0 radical (unpaired) electrons. The Kier molecular flexibility index (Phi) is 9.93. The summed E-state index contributed by atoms with van der Waals surface area (Å²) in [6, 6.07) is 0.980. The van der Waals surface area contributed by atoms with Crippen LogP contribution in [-0.4, -0.2) is 71.8 Å². The fourth-order valence-electron chi connectivity index (χ4n) is 7.22. The fourth-order valence-corrected chi connectivity index (χ4v) is 7.22. The molecular formula is C32H38F5IN6O4. The summed E-state index contributed by atoms with van der Waals surface area (Å²) in [6.45, 7) is 10.3. The Bertz CT molecular complexity index is 1740. The number of anilines is 2. The predicted molar refractivity (Wildman–Crippen MR) is 180 cm³/mol. The van der Waals surface area contributed by atoms with Crippen molar-refractivity contribution in [1.82, 2.24) is 20.6 Å². The van der Waals surface area contributed by atoms with Crippen molar-refractivity contribution in [3.63, 3.8) is 0 Å². The number of pyridine rings is 2. The number of nitrogens with zero attached hydrogens (tertiary/aromatic N) is 3. The summed E-state index contributed by atoms with van der Waals surface area (Å²) in [5, 5.41) is 6.85. The SMILES string of the molecule is CC.Cc1nc2c3c(nc(-c4cc(N)cc(F)c4OC(F)(F)F)c(F)c3c1C)OC(C)C1C3CCC(C(=O)NC4CCOC4)(CN21)N3.I. The monoisotopic (exact) mass is 792 g/mol. The first-order chi connectivity index (χ1) is 22.3. The predicted octanol–water partition coefficient (Wildman–Crippen LogP) is 5.68. The maximum absolute atomic E-state index is 16.7. The minimum absolute atomic E-state index is 0. The third kappa shape index (κ3) is 6.08. The van der Waals surface area contributed by atoms with E-state index in [2.05, 4.69) is 20.4 Å². The van der Waals surface area contributed by atoms with E-state index in [-0.39, 0.29) is 76.9 Å². The van der Waals surface area contributed by atoms with Crippen LogP contribution in [0, 0.1) is 25.5 Å². The summed E-state index contributed by atoms with van der Waals surface area (Å²) in [7, 11) is 0. The number of piperazine rings is 1. The lowest BCUT2D eigenvalue weighted by atomic mass is 9.92. The van der Waals surface area contributed by atoms with Gasteiger partial charge in [0.05, 0.1) is 29.6 Å². The van der Waals surface area contributed by atoms with E-state index in [0.29, 0.717) is 49.2 Å². The lowest BCUT2D eigenvalue weighted by molar-refractivity contribution is -0.275. The molecule has 0 saturated carbocycles. The molecule has 5 unspecified atom stereocenters. The van der Waals surface area contributed by atoms with Crippen molar-refractivity contribution in [2.45, 2.75) is 90.0 Å². The molecule has 48 heavy (non-hydrogen) atoms. The Hall–Kier alpha value is -3.25. The third-order valence-electron chi connectivity index (χ3n) is 9.36. The van der Waals surface area contributed by atoms with Crippen LogP contribution in [0.1, 0.15) is 51.3 Å². The first-order valence-electron chi connectivity index (χ1n) is 15.7. The molecule has 6 heterocycles. The van der Waals surface area contributed by atoms with Crippen LogP contribution in [0.25, 0.3) is 22.0 Å². The molecule has 16 heteroatoms. The van der Waals surface area contributed by atoms with Crippen molar-refractivity contribution in [2.75, 3.05) is 30.4 Å².